The average molecular weight is 649 g/mol. The summed E-state index contributed by atoms with van der Waals surface area (Å²) in [5, 5.41) is 8.17. The van der Waals surface area contributed by atoms with Crippen LogP contribution in [0.5, 0.6) is 0 Å². The molecule has 0 radical (unpaired) electrons. The minimum absolute atomic E-state index is 0. The van der Waals surface area contributed by atoms with Crippen LogP contribution in [0.25, 0.3) is 11.8 Å². The van der Waals surface area contributed by atoms with E-state index in [-0.39, 0.29) is 104 Å². The van der Waals surface area contributed by atoms with Gasteiger partial charge in [0, 0.05) is 7.12 Å². The molecule has 0 saturated heterocycles. The molecule has 1 aliphatic heterocycles. The molecule has 3 aromatic rings. The minimum atomic E-state index is -4.61. The number of carbonyl (C=O) groups is 1. The van der Waals surface area contributed by atoms with Crippen molar-refractivity contribution in [3.05, 3.63) is 100 Å². The van der Waals surface area contributed by atoms with Crippen LogP contribution in [0.15, 0.2) is 98.1 Å². The summed E-state index contributed by atoms with van der Waals surface area (Å²) < 4.78 is 67.9. The van der Waals surface area contributed by atoms with E-state index in [0.29, 0.717) is 33.9 Å². The molecule has 1 amide bonds. The molecule has 1 aliphatic rings. The van der Waals surface area contributed by atoms with Crippen molar-refractivity contribution in [2.45, 2.75) is 23.6 Å². The Kier molecular flexibility index (Phi) is 12.8. The van der Waals surface area contributed by atoms with Crippen LogP contribution in [0.2, 0.25) is 0 Å². The fraction of sp³-hybridized carbons (Fsp3) is 0.0800. The number of aromatic amines is 1. The van der Waals surface area contributed by atoms with Gasteiger partial charge >= 0.3 is 103 Å². The first kappa shape index (κ1) is 36.1. The van der Waals surface area contributed by atoms with Gasteiger partial charge in [-0.1, -0.05) is 18.2 Å². The SMILES string of the molecule is CC1=NN(c2ccc(S(=O)(=O)[O-])cc2)C(=O)C1=CC=CC=Cc1c(C)[nH]n(-c2ccc(S(=O)(=O)[O-])cc2)c1=O.[HH].[K+].[K+]. The number of anilines is 1. The molecular weight excluding hydrogens is 627 g/mol. The van der Waals surface area contributed by atoms with Crippen molar-refractivity contribution in [3.63, 3.8) is 0 Å². The molecule has 2 heterocycles. The molecule has 41 heavy (non-hydrogen) atoms. The van der Waals surface area contributed by atoms with Crippen LogP contribution in [0.4, 0.5) is 5.69 Å². The number of amides is 1. The maximum Gasteiger partial charge on any atom is 1.00 e. The Morgan fingerprint density at radius 2 is 1.32 bits per heavy atom. The molecule has 0 bridgehead atoms. The Labute approximate surface area is 322 Å². The van der Waals surface area contributed by atoms with Crippen molar-refractivity contribution in [2.75, 3.05) is 5.01 Å². The van der Waals surface area contributed by atoms with Gasteiger partial charge in [-0.25, -0.2) is 21.5 Å². The Bertz CT molecular complexity index is 1860. The topological polar surface area (TPSA) is 185 Å². The monoisotopic (exact) mass is 648 g/mol. The summed E-state index contributed by atoms with van der Waals surface area (Å²) in [7, 11) is -9.21. The molecule has 1 aromatic heterocycles. The zero-order chi connectivity index (χ0) is 28.5. The van der Waals surface area contributed by atoms with Gasteiger partial charge in [0.15, 0.2) is 0 Å². The fourth-order valence-electron chi connectivity index (χ4n) is 3.71. The van der Waals surface area contributed by atoms with E-state index in [0.717, 1.165) is 29.3 Å². The van der Waals surface area contributed by atoms with Crippen molar-refractivity contribution in [3.8, 4) is 5.69 Å². The molecule has 0 saturated carbocycles. The van der Waals surface area contributed by atoms with Crippen molar-refractivity contribution < 1.29 is 135 Å². The Balaban J connectivity index is 0.00000294. The summed E-state index contributed by atoms with van der Waals surface area (Å²) >= 11 is 0. The Morgan fingerprint density at radius 3 is 1.83 bits per heavy atom. The van der Waals surface area contributed by atoms with Gasteiger partial charge in [-0.05, 0) is 74.5 Å². The van der Waals surface area contributed by atoms with E-state index in [1.165, 1.54) is 35.0 Å². The van der Waals surface area contributed by atoms with Crippen molar-refractivity contribution >= 4 is 43.6 Å². The quantitative estimate of drug-likeness (QED) is 0.118. The van der Waals surface area contributed by atoms with Gasteiger partial charge in [0.05, 0.1) is 38.0 Å². The van der Waals surface area contributed by atoms with Crippen molar-refractivity contribution in [2.24, 2.45) is 5.10 Å². The van der Waals surface area contributed by atoms with Crippen LogP contribution in [-0.4, -0.2) is 47.3 Å². The van der Waals surface area contributed by atoms with Gasteiger partial charge in [-0.15, -0.1) is 0 Å². The fourth-order valence-corrected chi connectivity index (χ4v) is 4.65. The third-order valence-corrected chi connectivity index (χ3v) is 7.38. The zero-order valence-electron chi connectivity index (χ0n) is 22.4. The third kappa shape index (κ3) is 8.51. The van der Waals surface area contributed by atoms with Crippen LogP contribution >= 0.6 is 0 Å². The van der Waals surface area contributed by atoms with E-state index in [4.69, 9.17) is 0 Å². The first-order valence-corrected chi connectivity index (χ1v) is 14.0. The standard InChI is InChI=1S/C25H22N4O8S2.2K.H2/c1-16-22(24(30)28(26-16)18-8-12-20(13-9-18)38(32,33)34)6-4-3-5-7-23-17(2)27-29(25(23)31)19-10-14-21(15-11-19)39(35,36)37;;;/h3-15,26H,1-2H3,(H,32,33,34)(H,35,36,37);;;1H/q;2*+1;/p-2. The number of aromatic nitrogens is 2. The predicted molar refractivity (Wildman–Crippen MR) is 142 cm³/mol. The number of nitrogens with zero attached hydrogens (tertiary/aromatic N) is 3. The molecule has 0 unspecified atom stereocenters. The number of H-pyrrole nitrogens is 1. The number of aryl methyl sites for hydroxylation is 1. The number of hydrogen-bond acceptors (Lipinski definition) is 9. The van der Waals surface area contributed by atoms with Gasteiger partial charge in [-0.3, -0.25) is 14.7 Å². The molecule has 12 nitrogen and oxygen atoms in total. The summed E-state index contributed by atoms with van der Waals surface area (Å²) in [5.74, 6) is -0.445. The predicted octanol–water partition coefficient (Wildman–Crippen LogP) is -3.55. The zero-order valence-corrected chi connectivity index (χ0v) is 30.3. The Hall–Kier alpha value is -1.10. The van der Waals surface area contributed by atoms with Crippen molar-refractivity contribution in [1.29, 1.82) is 0 Å². The van der Waals surface area contributed by atoms with E-state index in [9.17, 15) is 35.5 Å². The molecule has 2 aromatic carbocycles. The van der Waals surface area contributed by atoms with E-state index in [1.807, 2.05) is 0 Å². The summed E-state index contributed by atoms with van der Waals surface area (Å²) in [6.07, 6.45) is 7.88. The summed E-state index contributed by atoms with van der Waals surface area (Å²) in [5.41, 5.74) is 1.86. The third-order valence-electron chi connectivity index (χ3n) is 5.68. The molecule has 16 heteroatoms. The molecule has 1 N–H and O–H groups in total. The minimum Gasteiger partial charge on any atom is -0.744 e. The van der Waals surface area contributed by atoms with Crippen LogP contribution < -0.4 is 113 Å². The van der Waals surface area contributed by atoms with Crippen LogP contribution in [-0.2, 0) is 25.0 Å². The molecule has 0 spiro atoms. The summed E-state index contributed by atoms with van der Waals surface area (Å²) in [6.45, 7) is 3.32. The number of carbonyl (C=O) groups excluding carboxylic acids is 1. The van der Waals surface area contributed by atoms with Crippen molar-refractivity contribution in [1.82, 2.24) is 9.78 Å². The van der Waals surface area contributed by atoms with Gasteiger partial charge in [-0.2, -0.15) is 10.1 Å². The largest absolute Gasteiger partial charge is 1.00 e. The summed E-state index contributed by atoms with van der Waals surface area (Å²) in [4.78, 5) is 24.8. The number of nitrogens with one attached hydrogen (secondary N) is 1. The number of benzene rings is 2. The molecule has 4 rings (SSSR count). The maximum absolute atomic E-state index is 12.8. The number of hydrazone groups is 1. The first-order chi connectivity index (χ1) is 18.3. The summed E-state index contributed by atoms with van der Waals surface area (Å²) in [6, 6.07) is 9.75. The molecule has 204 valence electrons. The second kappa shape index (κ2) is 14.6. The molecule has 0 atom stereocenters. The van der Waals surface area contributed by atoms with Crippen LogP contribution in [0, 0.1) is 6.92 Å². The average Bonchev–Trinajstić information content (AvgIpc) is 3.32. The second-order valence-electron chi connectivity index (χ2n) is 8.31. The van der Waals surface area contributed by atoms with E-state index >= 15 is 0 Å². The number of allylic oxidation sites excluding steroid dienone is 4. The number of rotatable bonds is 7. The smallest absolute Gasteiger partial charge is 0.744 e. The van der Waals surface area contributed by atoms with E-state index < -0.39 is 41.5 Å². The van der Waals surface area contributed by atoms with Gasteiger partial charge in [0.25, 0.3) is 11.5 Å². The van der Waals surface area contributed by atoms with Gasteiger partial charge in [0.2, 0.25) is 0 Å². The maximum atomic E-state index is 12.8. The molecule has 0 fully saturated rings. The van der Waals surface area contributed by atoms with Gasteiger partial charge < -0.3 is 9.11 Å². The first-order valence-electron chi connectivity index (χ1n) is 11.2. The van der Waals surface area contributed by atoms with Crippen LogP contribution in [0.3, 0.4) is 0 Å². The Morgan fingerprint density at radius 1 is 0.805 bits per heavy atom. The number of hydrogen-bond donors (Lipinski definition) is 1. The normalized spacial score (nSPS) is 14.9. The van der Waals surface area contributed by atoms with Crippen LogP contribution in [0.1, 0.15) is 19.6 Å². The van der Waals surface area contributed by atoms with E-state index in [2.05, 4.69) is 10.2 Å². The second-order valence-corrected chi connectivity index (χ2v) is 11.1. The van der Waals surface area contributed by atoms with Gasteiger partial charge in [0.1, 0.15) is 20.2 Å². The van der Waals surface area contributed by atoms with E-state index in [1.54, 1.807) is 38.2 Å². The molecule has 0 aliphatic carbocycles. The molecular formula is C25H22K2N4O8S2.